The van der Waals surface area contributed by atoms with Gasteiger partial charge in [-0.2, -0.15) is 18.3 Å². The number of rotatable bonds is 4. The molecule has 200 valence electrons. The number of nitrogens with one attached hydrogen (secondary N) is 1. The normalized spacial score (nSPS) is 25.5. The van der Waals surface area contributed by atoms with Gasteiger partial charge < -0.3 is 10.2 Å². The molecule has 1 saturated heterocycles. The predicted molar refractivity (Wildman–Crippen MR) is 142 cm³/mol. The molecule has 3 heterocycles. The summed E-state index contributed by atoms with van der Waals surface area (Å²) in [5.41, 5.74) is -1.85. The Kier molecular flexibility index (Phi) is 4.14. The summed E-state index contributed by atoms with van der Waals surface area (Å²) in [5.74, 6) is 4.91. The molecule has 0 radical (unpaired) electrons. The van der Waals surface area contributed by atoms with Gasteiger partial charge in [-0.3, -0.25) is 9.69 Å². The van der Waals surface area contributed by atoms with Gasteiger partial charge in [0, 0.05) is 73.3 Å². The van der Waals surface area contributed by atoms with Crippen molar-refractivity contribution in [2.75, 3.05) is 38.3 Å². The number of halogens is 3. The van der Waals surface area contributed by atoms with Crippen molar-refractivity contribution in [3.8, 4) is 11.8 Å². The molecule has 0 unspecified atom stereocenters. The molecule has 0 spiro atoms. The first kappa shape index (κ1) is 14.8. The summed E-state index contributed by atoms with van der Waals surface area (Å²) >= 11 is 0. The van der Waals surface area contributed by atoms with E-state index in [2.05, 4.69) is 27.2 Å². The van der Waals surface area contributed by atoms with Gasteiger partial charge in [0.15, 0.2) is 5.65 Å². The average molecular weight is 546 g/mol. The molecule has 1 fully saturated rings. The Labute approximate surface area is 242 Å². The highest BCUT2D eigenvalue weighted by Gasteiger charge is 2.34. The monoisotopic (exact) mass is 545 g/mol. The summed E-state index contributed by atoms with van der Waals surface area (Å²) in [5, 5.41) is 6.43. The molecule has 1 amide bonds. The number of fused-ring (bicyclic) bond motifs is 1. The molecule has 1 N–H and O–H groups in total. The van der Waals surface area contributed by atoms with Gasteiger partial charge in [-0.05, 0) is 67.3 Å². The number of hydrogen-bond acceptors (Lipinski definition) is 5. The fourth-order valence-corrected chi connectivity index (χ4v) is 3.53. The van der Waals surface area contributed by atoms with Crippen LogP contribution in [-0.4, -0.2) is 63.3 Å². The Morgan fingerprint density at radius 1 is 1.15 bits per heavy atom. The highest BCUT2D eigenvalue weighted by Crippen LogP contribution is 2.34. The first-order chi connectivity index (χ1) is 23.7. The lowest BCUT2D eigenvalue weighted by Gasteiger charge is -2.33. The summed E-state index contributed by atoms with van der Waals surface area (Å²) < 4.78 is 151. The molecule has 1 aliphatic heterocycles. The van der Waals surface area contributed by atoms with Crippen LogP contribution in [-0.2, 0) is 12.7 Å². The van der Waals surface area contributed by atoms with Crippen molar-refractivity contribution in [2.24, 2.45) is 0 Å². The second-order valence-corrected chi connectivity index (χ2v) is 8.16. The Balaban J connectivity index is 1.52. The van der Waals surface area contributed by atoms with Crippen LogP contribution in [0.25, 0.3) is 5.65 Å². The maximum Gasteiger partial charge on any atom is 0.416 e. The quantitative estimate of drug-likeness (QED) is 0.384. The number of hydrogen-bond donors (Lipinski definition) is 1. The lowest BCUT2D eigenvalue weighted by Crippen LogP contribution is -2.44. The molecule has 1 aliphatic rings. The van der Waals surface area contributed by atoms with Gasteiger partial charge in [0.25, 0.3) is 5.91 Å². The predicted octanol–water partition coefficient (Wildman–Crippen LogP) is 4.46. The Bertz CT molecular complexity index is 2100. The molecule has 0 aliphatic carbocycles. The highest BCUT2D eigenvalue weighted by molar-refractivity contribution is 6.04. The largest absolute Gasteiger partial charge is 0.416 e. The average Bonchev–Trinajstić information content (AvgIpc) is 3.41. The van der Waals surface area contributed by atoms with Crippen molar-refractivity contribution in [1.29, 1.82) is 0 Å². The highest BCUT2D eigenvalue weighted by atomic mass is 19.4. The van der Waals surface area contributed by atoms with E-state index in [4.69, 9.17) is 17.8 Å². The summed E-state index contributed by atoms with van der Waals surface area (Å²) in [6.45, 7) is -22.4. The molecular formula is C29H27F3N6O. The van der Waals surface area contributed by atoms with Gasteiger partial charge >= 0.3 is 6.18 Å². The van der Waals surface area contributed by atoms with Crippen molar-refractivity contribution >= 4 is 17.2 Å². The van der Waals surface area contributed by atoms with Gasteiger partial charge in [-0.15, -0.1) is 0 Å². The second kappa shape index (κ2) is 10.9. The molecular weight excluding hydrogens is 505 g/mol. The van der Waals surface area contributed by atoms with Crippen molar-refractivity contribution in [1.82, 2.24) is 24.4 Å². The van der Waals surface area contributed by atoms with E-state index in [0.717, 1.165) is 6.07 Å². The molecule has 7 nitrogen and oxygen atoms in total. The molecule has 5 rings (SSSR count). The van der Waals surface area contributed by atoms with E-state index in [9.17, 15) is 18.0 Å². The number of aromatic nitrogens is 3. The zero-order valence-corrected chi connectivity index (χ0v) is 20.1. The zero-order valence-electron chi connectivity index (χ0n) is 33.1. The van der Waals surface area contributed by atoms with E-state index >= 15 is 0 Å². The van der Waals surface area contributed by atoms with Crippen LogP contribution in [0.15, 0.2) is 60.9 Å². The maximum absolute atomic E-state index is 14.5. The van der Waals surface area contributed by atoms with E-state index in [1.165, 1.54) is 22.8 Å². The topological polar surface area (TPSA) is 65.8 Å². The van der Waals surface area contributed by atoms with Crippen molar-refractivity contribution in [2.45, 2.75) is 19.6 Å². The zero-order chi connectivity index (χ0) is 39.0. The minimum Gasteiger partial charge on any atom is -0.322 e. The smallest absolute Gasteiger partial charge is 0.322 e. The molecule has 0 saturated carbocycles. The Morgan fingerprint density at radius 3 is 2.74 bits per heavy atom. The molecule has 4 aromatic rings. The fourth-order valence-electron chi connectivity index (χ4n) is 3.53. The standard InChI is InChI=1S/C29H27F3N6O/c1-20-5-6-22(16-21(20)8-10-25-18-33-27-4-3-11-34-38(25)27)28(39)35-24-9-7-23(26(17-24)29(30,31)32)19-37-14-12-36(2)13-15-37/h3-7,9,11,16-18H,12-15,19H2,1-2H3,(H,35,39)/i2D3,12D2,13D2,14D2,15D2,19D2. The molecule has 2 aromatic carbocycles. The van der Waals surface area contributed by atoms with E-state index in [0.29, 0.717) is 34.6 Å². The number of aryl methyl sites for hydroxylation is 1. The Hall–Kier alpha value is -4.20. The van der Waals surface area contributed by atoms with Crippen molar-refractivity contribution < 1.29 is 35.8 Å². The fraction of sp³-hybridized carbons (Fsp3) is 0.276. The van der Waals surface area contributed by atoms with Crippen LogP contribution in [0, 0.1) is 18.8 Å². The number of piperazine rings is 1. The summed E-state index contributed by atoms with van der Waals surface area (Å²) in [6.07, 6.45) is -2.41. The lowest BCUT2D eigenvalue weighted by molar-refractivity contribution is -0.138. The minimum atomic E-state index is -5.44. The van der Waals surface area contributed by atoms with Gasteiger partial charge in [0.2, 0.25) is 0 Å². The minimum absolute atomic E-state index is 0.0304. The third-order valence-corrected chi connectivity index (χ3v) is 5.47. The third-order valence-electron chi connectivity index (χ3n) is 5.47. The summed E-state index contributed by atoms with van der Waals surface area (Å²) in [7, 11) is 0. The number of amides is 1. The number of anilines is 1. The number of imidazole rings is 1. The molecule has 39 heavy (non-hydrogen) atoms. The van der Waals surface area contributed by atoms with Crippen molar-refractivity contribution in [3.63, 3.8) is 0 Å². The van der Waals surface area contributed by atoms with E-state index in [-0.39, 0.29) is 5.56 Å². The first-order valence-corrected chi connectivity index (χ1v) is 11.2. The van der Waals surface area contributed by atoms with Gasteiger partial charge in [0.1, 0.15) is 5.69 Å². The van der Waals surface area contributed by atoms with E-state index < -0.39 is 78.2 Å². The van der Waals surface area contributed by atoms with Crippen molar-refractivity contribution in [3.05, 3.63) is 94.4 Å². The maximum atomic E-state index is 14.5. The number of nitrogens with zero attached hydrogens (tertiary/aromatic N) is 5. The Morgan fingerprint density at radius 2 is 1.97 bits per heavy atom. The van der Waals surface area contributed by atoms with Crippen LogP contribution in [0.4, 0.5) is 18.9 Å². The SMILES string of the molecule is [2H]C([2H])([2H])N1C([2H])([2H])C([2H])([2H])N(C([2H])([2H])c2ccc(NC(=O)c3ccc(C)c(C#Cc4cnc5cccnn45)c3)cc2C(F)(F)F)C([2H])([2H])C1([2H])[2H]. The molecule has 10 heteroatoms. The van der Waals surface area contributed by atoms with E-state index in [1.807, 2.05) is 0 Å². The summed E-state index contributed by atoms with van der Waals surface area (Å²) in [6, 6.07) is 9.30. The number of carbonyl (C=O) groups is 1. The first-order valence-electron chi connectivity index (χ1n) is 17.7. The molecule has 0 atom stereocenters. The van der Waals surface area contributed by atoms with Gasteiger partial charge in [0.05, 0.1) is 11.8 Å². The van der Waals surface area contributed by atoms with E-state index in [1.54, 1.807) is 31.3 Å². The number of likely N-dealkylation sites (N-methyl/N-ethyl adjacent to an activating group) is 1. The van der Waals surface area contributed by atoms with Gasteiger partial charge in [-0.1, -0.05) is 18.1 Å². The summed E-state index contributed by atoms with van der Waals surface area (Å²) in [4.78, 5) is 16.0. The van der Waals surface area contributed by atoms with Crippen LogP contribution >= 0.6 is 0 Å². The second-order valence-electron chi connectivity index (χ2n) is 8.16. The molecule has 0 bridgehead atoms. The van der Waals surface area contributed by atoms with Crippen LogP contribution in [0.3, 0.4) is 0 Å². The van der Waals surface area contributed by atoms with Crippen LogP contribution < -0.4 is 5.32 Å². The van der Waals surface area contributed by atoms with Crippen LogP contribution in [0.1, 0.15) is 56.1 Å². The van der Waals surface area contributed by atoms with Crippen LogP contribution in [0.2, 0.25) is 0 Å². The van der Waals surface area contributed by atoms with Crippen LogP contribution in [0.5, 0.6) is 0 Å². The number of carbonyl (C=O) groups excluding carboxylic acids is 1. The third kappa shape index (κ3) is 6.11. The number of benzene rings is 2. The molecule has 2 aromatic heterocycles. The lowest BCUT2D eigenvalue weighted by atomic mass is 10.0. The van der Waals surface area contributed by atoms with Gasteiger partial charge in [-0.25, -0.2) is 9.50 Å². The number of alkyl halides is 3.